The Morgan fingerprint density at radius 3 is 2.76 bits per heavy atom. The third-order valence-corrected chi connectivity index (χ3v) is 6.18. The van der Waals surface area contributed by atoms with E-state index in [0.717, 1.165) is 23.1 Å². The van der Waals surface area contributed by atoms with Crippen molar-refractivity contribution >= 4 is 5.91 Å². The highest BCUT2D eigenvalue weighted by atomic mass is 16.5. The minimum Gasteiger partial charge on any atom is -0.490 e. The summed E-state index contributed by atoms with van der Waals surface area (Å²) >= 11 is 0. The van der Waals surface area contributed by atoms with Crippen LogP contribution in [0.2, 0.25) is 0 Å². The summed E-state index contributed by atoms with van der Waals surface area (Å²) in [7, 11) is 1.80. The molecule has 8 heteroatoms. The monoisotopic (exact) mass is 459 g/mol. The van der Waals surface area contributed by atoms with E-state index in [1.807, 2.05) is 43.9 Å². The second-order valence-corrected chi connectivity index (χ2v) is 8.81. The van der Waals surface area contributed by atoms with Crippen molar-refractivity contribution in [3.63, 3.8) is 0 Å². The highest BCUT2D eigenvalue weighted by Crippen LogP contribution is 2.32. The van der Waals surface area contributed by atoms with E-state index in [1.165, 1.54) is 5.56 Å². The SMILES string of the molecule is CNC(C)C(=O)N1CCc2c(ccc(-c3noc(-c4ccc(OC(C)C)c(C#N)c4)n3)c2C)C1. The Morgan fingerprint density at radius 2 is 2.06 bits per heavy atom. The molecule has 8 nitrogen and oxygen atoms in total. The molecule has 4 rings (SSSR count). The Kier molecular flexibility index (Phi) is 6.66. The van der Waals surface area contributed by atoms with Gasteiger partial charge in [-0.3, -0.25) is 4.79 Å². The van der Waals surface area contributed by atoms with E-state index >= 15 is 0 Å². The molecule has 1 N–H and O–H groups in total. The first-order chi connectivity index (χ1) is 16.3. The molecule has 0 fully saturated rings. The summed E-state index contributed by atoms with van der Waals surface area (Å²) in [4.78, 5) is 19.1. The number of likely N-dealkylation sites (N-methyl/N-ethyl adjacent to an activating group) is 1. The topological polar surface area (TPSA) is 104 Å². The number of aromatic nitrogens is 2. The van der Waals surface area contributed by atoms with Crippen LogP contribution in [0.4, 0.5) is 0 Å². The number of amides is 1. The first-order valence-electron chi connectivity index (χ1n) is 11.4. The van der Waals surface area contributed by atoms with Crippen molar-refractivity contribution in [2.24, 2.45) is 0 Å². The molecule has 176 valence electrons. The summed E-state index contributed by atoms with van der Waals surface area (Å²) in [5.41, 5.74) is 5.45. The van der Waals surface area contributed by atoms with Crippen molar-refractivity contribution in [1.29, 1.82) is 5.26 Å². The number of nitrogens with zero attached hydrogens (tertiary/aromatic N) is 4. The molecule has 1 aromatic heterocycles. The molecule has 1 aliphatic rings. The average molecular weight is 460 g/mol. The third kappa shape index (κ3) is 4.52. The quantitative estimate of drug-likeness (QED) is 0.597. The number of carbonyl (C=O) groups excluding carboxylic acids is 1. The lowest BCUT2D eigenvalue weighted by molar-refractivity contribution is -0.133. The number of carbonyl (C=O) groups is 1. The van der Waals surface area contributed by atoms with E-state index in [1.54, 1.807) is 19.2 Å². The highest BCUT2D eigenvalue weighted by Gasteiger charge is 2.26. The molecule has 0 aliphatic carbocycles. The van der Waals surface area contributed by atoms with Crippen LogP contribution in [-0.2, 0) is 17.8 Å². The Morgan fingerprint density at radius 1 is 1.26 bits per heavy atom. The van der Waals surface area contributed by atoms with Gasteiger partial charge in [-0.2, -0.15) is 10.2 Å². The normalized spacial score (nSPS) is 14.0. The predicted molar refractivity (Wildman–Crippen MR) is 128 cm³/mol. The number of fused-ring (bicyclic) bond motifs is 1. The zero-order chi connectivity index (χ0) is 24.4. The highest BCUT2D eigenvalue weighted by molar-refractivity contribution is 5.82. The van der Waals surface area contributed by atoms with Gasteiger partial charge in [0.1, 0.15) is 11.8 Å². The number of ether oxygens (including phenoxy) is 1. The Labute approximate surface area is 199 Å². The van der Waals surface area contributed by atoms with Crippen LogP contribution in [-0.4, -0.2) is 46.7 Å². The van der Waals surface area contributed by atoms with Gasteiger partial charge < -0.3 is 19.5 Å². The fourth-order valence-electron chi connectivity index (χ4n) is 4.23. The van der Waals surface area contributed by atoms with Crippen molar-refractivity contribution in [1.82, 2.24) is 20.4 Å². The van der Waals surface area contributed by atoms with Crippen LogP contribution >= 0.6 is 0 Å². The number of nitrogens with one attached hydrogen (secondary N) is 1. The van der Waals surface area contributed by atoms with Gasteiger partial charge in [0.05, 0.1) is 17.7 Å². The Balaban J connectivity index is 1.59. The van der Waals surface area contributed by atoms with Gasteiger partial charge in [-0.25, -0.2) is 0 Å². The smallest absolute Gasteiger partial charge is 0.258 e. The maximum Gasteiger partial charge on any atom is 0.258 e. The zero-order valence-corrected chi connectivity index (χ0v) is 20.2. The van der Waals surface area contributed by atoms with Gasteiger partial charge in [0.25, 0.3) is 5.89 Å². The molecule has 1 aliphatic heterocycles. The van der Waals surface area contributed by atoms with E-state index in [2.05, 4.69) is 28.5 Å². The van der Waals surface area contributed by atoms with Gasteiger partial charge in [0, 0.05) is 24.2 Å². The van der Waals surface area contributed by atoms with Crippen LogP contribution in [0.15, 0.2) is 34.9 Å². The lowest BCUT2D eigenvalue weighted by Gasteiger charge is -2.32. The van der Waals surface area contributed by atoms with E-state index in [-0.39, 0.29) is 18.1 Å². The second kappa shape index (κ2) is 9.65. The number of hydrogen-bond donors (Lipinski definition) is 1. The Hall–Kier alpha value is -3.70. The van der Waals surface area contributed by atoms with Gasteiger partial charge in [-0.1, -0.05) is 17.3 Å². The maximum atomic E-state index is 12.6. The molecule has 1 unspecified atom stereocenters. The standard InChI is InChI=1S/C26H29N5O3/c1-15(2)33-23-9-7-18(12-20(23)13-27)25-29-24(30-34-25)22-8-6-19-14-31(26(32)17(4)28-5)11-10-21(19)16(22)3/h6-9,12,15,17,28H,10-11,14H2,1-5H3. The van der Waals surface area contributed by atoms with E-state index < -0.39 is 0 Å². The minimum atomic E-state index is -0.202. The number of rotatable bonds is 6. The minimum absolute atomic E-state index is 0.0307. The lowest BCUT2D eigenvalue weighted by Crippen LogP contribution is -2.45. The third-order valence-electron chi connectivity index (χ3n) is 6.18. The zero-order valence-electron chi connectivity index (χ0n) is 20.2. The van der Waals surface area contributed by atoms with Crippen LogP contribution in [0.3, 0.4) is 0 Å². The molecular formula is C26H29N5O3. The van der Waals surface area contributed by atoms with Crippen LogP contribution < -0.4 is 10.1 Å². The van der Waals surface area contributed by atoms with Crippen molar-refractivity contribution in [3.8, 4) is 34.7 Å². The molecule has 0 bridgehead atoms. The summed E-state index contributed by atoms with van der Waals surface area (Å²) in [6.07, 6.45) is 0.752. The van der Waals surface area contributed by atoms with Gasteiger partial charge in [0.2, 0.25) is 11.7 Å². The molecule has 2 aromatic carbocycles. The first-order valence-corrected chi connectivity index (χ1v) is 11.4. The predicted octanol–water partition coefficient (Wildman–Crippen LogP) is 3.86. The van der Waals surface area contributed by atoms with Gasteiger partial charge in [-0.05, 0) is 76.1 Å². The van der Waals surface area contributed by atoms with Crippen molar-refractivity contribution < 1.29 is 14.1 Å². The van der Waals surface area contributed by atoms with Crippen LogP contribution in [0, 0.1) is 18.3 Å². The Bertz CT molecular complexity index is 1260. The molecule has 0 saturated heterocycles. The number of benzene rings is 2. The fourth-order valence-corrected chi connectivity index (χ4v) is 4.23. The van der Waals surface area contributed by atoms with E-state index in [9.17, 15) is 10.1 Å². The van der Waals surface area contributed by atoms with Crippen molar-refractivity contribution in [3.05, 3.63) is 52.6 Å². The molecule has 1 atom stereocenters. The molecule has 0 spiro atoms. The van der Waals surface area contributed by atoms with Crippen LogP contribution in [0.5, 0.6) is 5.75 Å². The van der Waals surface area contributed by atoms with Gasteiger partial charge in [-0.15, -0.1) is 0 Å². The molecule has 1 amide bonds. The number of nitriles is 1. The summed E-state index contributed by atoms with van der Waals surface area (Å²) < 4.78 is 11.2. The van der Waals surface area contributed by atoms with Crippen LogP contribution in [0.1, 0.15) is 43.0 Å². The number of hydrogen-bond acceptors (Lipinski definition) is 7. The van der Waals surface area contributed by atoms with Gasteiger partial charge in [0.15, 0.2) is 0 Å². The lowest BCUT2D eigenvalue weighted by atomic mass is 9.91. The molecule has 34 heavy (non-hydrogen) atoms. The van der Waals surface area contributed by atoms with E-state index in [0.29, 0.717) is 41.7 Å². The molecule has 3 aromatic rings. The molecular weight excluding hydrogens is 430 g/mol. The van der Waals surface area contributed by atoms with Gasteiger partial charge >= 0.3 is 0 Å². The van der Waals surface area contributed by atoms with E-state index in [4.69, 9.17) is 9.26 Å². The fraction of sp³-hybridized carbons (Fsp3) is 0.385. The van der Waals surface area contributed by atoms with Crippen molar-refractivity contribution in [2.45, 2.75) is 52.8 Å². The van der Waals surface area contributed by atoms with Crippen LogP contribution in [0.25, 0.3) is 22.8 Å². The second-order valence-electron chi connectivity index (χ2n) is 8.81. The first kappa shape index (κ1) is 23.5. The largest absolute Gasteiger partial charge is 0.490 e. The average Bonchev–Trinajstić information content (AvgIpc) is 3.33. The maximum absolute atomic E-state index is 12.6. The van der Waals surface area contributed by atoms with Crippen molar-refractivity contribution in [2.75, 3.05) is 13.6 Å². The summed E-state index contributed by atoms with van der Waals surface area (Å²) in [5.74, 6) is 1.48. The molecule has 2 heterocycles. The molecule has 0 radical (unpaired) electrons. The molecule has 0 saturated carbocycles. The summed E-state index contributed by atoms with van der Waals surface area (Å²) in [6, 6.07) is 11.3. The summed E-state index contributed by atoms with van der Waals surface area (Å²) in [6.45, 7) is 9.05. The summed E-state index contributed by atoms with van der Waals surface area (Å²) in [5, 5.41) is 16.7.